The van der Waals surface area contributed by atoms with Crippen molar-refractivity contribution in [3.05, 3.63) is 65.3 Å². The highest BCUT2D eigenvalue weighted by molar-refractivity contribution is 6.39. The molecule has 14 atom stereocenters. The van der Waals surface area contributed by atoms with Crippen LogP contribution in [0.5, 0.6) is 0 Å². The number of Topliss-reactive ketones (excluding diaryl/α,β-unsaturated/α-hetero) is 2. The molecule has 3 fully saturated rings. The number of amides is 1. The number of cyclic esters (lactones) is 1. The zero-order chi connectivity index (χ0) is 46.0. The molecule has 13 heteroatoms. The Morgan fingerprint density at radius 3 is 2.24 bits per heavy atom. The molecule has 350 valence electrons. The molecule has 5 rings (SSSR count). The van der Waals surface area contributed by atoms with Crippen molar-refractivity contribution in [1.29, 1.82) is 0 Å². The van der Waals surface area contributed by atoms with E-state index < -0.39 is 83.9 Å². The maximum Gasteiger partial charge on any atom is 0.329 e. The number of aliphatic hydroxyl groups excluding tert-OH is 2. The van der Waals surface area contributed by atoms with E-state index in [1.165, 1.54) is 19.1 Å². The van der Waals surface area contributed by atoms with Crippen molar-refractivity contribution in [2.75, 3.05) is 27.9 Å². The number of piperidine rings is 1. The third kappa shape index (κ3) is 12.6. The van der Waals surface area contributed by atoms with Gasteiger partial charge in [-0.2, -0.15) is 0 Å². The number of ether oxygens (including phenoxy) is 5. The predicted molar refractivity (Wildman–Crippen MR) is 238 cm³/mol. The van der Waals surface area contributed by atoms with E-state index in [1.54, 1.807) is 21.0 Å². The molecule has 1 unspecified atom stereocenters. The summed E-state index contributed by atoms with van der Waals surface area (Å²) in [5.74, 6) is -7.84. The number of aliphatic hydroxyl groups is 3. The lowest BCUT2D eigenvalue weighted by Crippen LogP contribution is -2.64. The molecule has 13 nitrogen and oxygen atoms in total. The fourth-order valence-corrected chi connectivity index (χ4v) is 10.2. The van der Waals surface area contributed by atoms with Crippen LogP contribution in [0.25, 0.3) is 6.08 Å². The molecule has 0 aromatic heterocycles. The fourth-order valence-electron chi connectivity index (χ4n) is 10.2. The van der Waals surface area contributed by atoms with E-state index in [-0.39, 0.29) is 49.5 Å². The largest absolute Gasteiger partial charge is 0.456 e. The van der Waals surface area contributed by atoms with Crippen molar-refractivity contribution in [2.24, 2.45) is 29.6 Å². The van der Waals surface area contributed by atoms with E-state index in [9.17, 15) is 34.5 Å². The minimum Gasteiger partial charge on any atom is -0.456 e. The third-order valence-electron chi connectivity index (χ3n) is 14.0. The van der Waals surface area contributed by atoms with Crippen LogP contribution in [0.15, 0.2) is 59.7 Å². The van der Waals surface area contributed by atoms with E-state index in [4.69, 9.17) is 23.7 Å². The highest BCUT2D eigenvalue weighted by Crippen LogP contribution is 2.39. The van der Waals surface area contributed by atoms with Gasteiger partial charge >= 0.3 is 5.97 Å². The van der Waals surface area contributed by atoms with E-state index >= 15 is 0 Å². The number of fused-ring (bicyclic) bond motifs is 3. The van der Waals surface area contributed by atoms with E-state index in [1.807, 2.05) is 68.5 Å². The van der Waals surface area contributed by atoms with Gasteiger partial charge in [-0.05, 0) is 101 Å². The fraction of sp³-hybridized carbons (Fsp3) is 0.680. The average Bonchev–Trinajstić information content (AvgIpc) is 3.27. The summed E-state index contributed by atoms with van der Waals surface area (Å²) in [6, 6.07) is 8.67. The molecule has 2 saturated heterocycles. The summed E-state index contributed by atoms with van der Waals surface area (Å²) in [6.07, 6.45) is 7.13. The predicted octanol–water partition coefficient (Wildman–Crippen LogP) is 6.17. The summed E-state index contributed by atoms with van der Waals surface area (Å²) in [4.78, 5) is 58.7. The Hall–Kier alpha value is -3.56. The second-order valence-electron chi connectivity index (χ2n) is 18.8. The molecular formula is C50H73NO12. The summed E-state index contributed by atoms with van der Waals surface area (Å²) in [5.41, 5.74) is 2.61. The highest BCUT2D eigenvalue weighted by Gasteiger charge is 2.56. The summed E-state index contributed by atoms with van der Waals surface area (Å²) in [6.45, 7) is 9.32. The lowest BCUT2D eigenvalue weighted by Gasteiger charge is -2.47. The van der Waals surface area contributed by atoms with Crippen LogP contribution in [0.1, 0.15) is 111 Å². The molecule has 1 aromatic carbocycles. The number of benzene rings is 1. The summed E-state index contributed by atoms with van der Waals surface area (Å²) in [5, 5.41) is 34.6. The van der Waals surface area contributed by atoms with E-state index in [0.717, 1.165) is 11.1 Å². The van der Waals surface area contributed by atoms with Gasteiger partial charge in [-0.1, -0.05) is 81.0 Å². The number of ketones is 2. The number of hydrogen-bond donors (Lipinski definition) is 3. The van der Waals surface area contributed by atoms with Crippen molar-refractivity contribution in [3.8, 4) is 0 Å². The first-order chi connectivity index (χ1) is 30.0. The van der Waals surface area contributed by atoms with Gasteiger partial charge < -0.3 is 43.9 Å². The zero-order valence-electron chi connectivity index (χ0n) is 38.7. The molecule has 0 spiro atoms. The number of carbonyl (C=O) groups excluding carboxylic acids is 4. The molecular weight excluding hydrogens is 807 g/mol. The molecule has 1 aliphatic carbocycles. The molecule has 0 radical (unpaired) electrons. The summed E-state index contributed by atoms with van der Waals surface area (Å²) < 4.78 is 30.0. The number of carbonyl (C=O) groups is 4. The molecule has 3 N–H and O–H groups in total. The lowest BCUT2D eigenvalue weighted by atomic mass is 9.81. The lowest BCUT2D eigenvalue weighted by molar-refractivity contribution is -0.302. The Bertz CT molecular complexity index is 1800. The number of nitrogens with zero attached hydrogens (tertiary/aromatic N) is 1. The molecule has 63 heavy (non-hydrogen) atoms. The van der Waals surface area contributed by atoms with Gasteiger partial charge in [0.15, 0.2) is 0 Å². The minimum atomic E-state index is -2.52. The van der Waals surface area contributed by atoms with Crippen molar-refractivity contribution in [1.82, 2.24) is 4.90 Å². The van der Waals surface area contributed by atoms with Gasteiger partial charge in [-0.25, -0.2) is 4.79 Å². The van der Waals surface area contributed by atoms with Crippen LogP contribution < -0.4 is 0 Å². The molecule has 1 aromatic rings. The zero-order valence-corrected chi connectivity index (χ0v) is 38.7. The molecule has 4 aliphatic rings. The Labute approximate surface area is 374 Å². The number of allylic oxidation sites excluding steroid dienone is 4. The monoisotopic (exact) mass is 880 g/mol. The maximum absolute atomic E-state index is 14.5. The Morgan fingerprint density at radius 1 is 0.873 bits per heavy atom. The van der Waals surface area contributed by atoms with Gasteiger partial charge in [0.25, 0.3) is 11.7 Å². The normalized spacial score (nSPS) is 38.3. The molecule has 2 bridgehead atoms. The van der Waals surface area contributed by atoms with Crippen LogP contribution in [0.3, 0.4) is 0 Å². The van der Waals surface area contributed by atoms with Gasteiger partial charge in [0.1, 0.15) is 24.0 Å². The molecule has 3 aliphatic heterocycles. The standard InChI is InChI=1S/C50H73NO12/c1-30-23-31(2)25-43(60-7)46-44(61-8)27-33(4)50(58,63-46)47(55)48(56)51-22-13-12-19-38(51)49(57)62-45(32(3)26-36-20-21-39(52)42(28-36)59-6)34(5)40(53)29-41(54)37(24-30)18-14-17-35-15-10-9-11-16-35/h9-11,14-17,24,26,31,33-34,36-40,42-46,52-53,58H,12-13,18-23,25,27-29H2,1-8H3/b17-14+,30-24+,32-26+/t31-,33+,34+,36-,37+,38-,39+,40-,42+,43-,44-,45?,46+,50+/m0/s1. The topological polar surface area (TPSA) is 178 Å². The Kier molecular flexibility index (Phi) is 18.5. The van der Waals surface area contributed by atoms with Crippen LogP contribution in [0.2, 0.25) is 0 Å². The van der Waals surface area contributed by atoms with Crippen LogP contribution in [0, 0.1) is 29.6 Å². The van der Waals surface area contributed by atoms with Gasteiger partial charge in [-0.3, -0.25) is 14.4 Å². The second kappa shape index (κ2) is 23.1. The molecule has 1 saturated carbocycles. The first-order valence-corrected chi connectivity index (χ1v) is 23.0. The highest BCUT2D eigenvalue weighted by atomic mass is 16.7. The molecule has 1 amide bonds. The van der Waals surface area contributed by atoms with Crippen LogP contribution >= 0.6 is 0 Å². The van der Waals surface area contributed by atoms with Gasteiger partial charge in [0.05, 0.1) is 30.5 Å². The van der Waals surface area contributed by atoms with E-state index in [0.29, 0.717) is 56.9 Å². The number of methoxy groups -OCH3 is 3. The quantitative estimate of drug-likeness (QED) is 0.154. The minimum absolute atomic E-state index is 0.00759. The third-order valence-corrected chi connectivity index (χ3v) is 14.0. The van der Waals surface area contributed by atoms with Crippen molar-refractivity contribution < 1.29 is 58.2 Å². The first-order valence-electron chi connectivity index (χ1n) is 23.0. The van der Waals surface area contributed by atoms with Gasteiger partial charge in [-0.15, -0.1) is 0 Å². The Morgan fingerprint density at radius 2 is 1.56 bits per heavy atom. The number of rotatable bonds is 8. The second-order valence-corrected chi connectivity index (χ2v) is 18.8. The van der Waals surface area contributed by atoms with Crippen molar-refractivity contribution in [3.63, 3.8) is 0 Å². The Balaban J connectivity index is 1.55. The van der Waals surface area contributed by atoms with Crippen molar-refractivity contribution >= 4 is 29.5 Å². The summed E-state index contributed by atoms with van der Waals surface area (Å²) in [7, 11) is 4.63. The van der Waals surface area contributed by atoms with E-state index in [2.05, 4.69) is 6.92 Å². The smallest absolute Gasteiger partial charge is 0.329 e. The number of esters is 1. The van der Waals surface area contributed by atoms with Crippen LogP contribution in [-0.2, 0) is 42.9 Å². The first kappa shape index (κ1) is 50.4. The average molecular weight is 880 g/mol. The SMILES string of the molecule is CO[C@H]1C[C@@H](C)C/C(C)=C/[C@@H](C/C=C/c2ccccc2)C(=O)C[C@H](O)[C@@H](C)C(/C(C)=C/[C@@H]2CC[C@@H](O)[C@H](OC)C2)OC(=O)[C@@H]2CCCCN2C(=O)C(=O)[C@]2(O)O[C@H]1[C@@H](OC)C[C@H]2C. The molecule has 3 heterocycles. The summed E-state index contributed by atoms with van der Waals surface area (Å²) >= 11 is 0. The van der Waals surface area contributed by atoms with Crippen molar-refractivity contribution in [2.45, 2.75) is 160 Å². The maximum atomic E-state index is 14.5. The number of hydrogen-bond acceptors (Lipinski definition) is 12. The van der Waals surface area contributed by atoms with Gasteiger partial charge in [0, 0.05) is 52.0 Å². The van der Waals surface area contributed by atoms with Crippen LogP contribution in [-0.4, -0.2) is 126 Å². The van der Waals surface area contributed by atoms with Crippen LogP contribution in [0.4, 0.5) is 0 Å². The van der Waals surface area contributed by atoms with Gasteiger partial charge in [0.2, 0.25) is 5.79 Å².